The lowest BCUT2D eigenvalue weighted by Crippen LogP contribution is -2.12. The van der Waals surface area contributed by atoms with Crippen molar-refractivity contribution < 1.29 is 13.2 Å². The molecule has 2 aromatic heterocycles. The van der Waals surface area contributed by atoms with Gasteiger partial charge in [-0.05, 0) is 25.1 Å². The van der Waals surface area contributed by atoms with Crippen LogP contribution in [-0.2, 0) is 6.18 Å². The summed E-state index contributed by atoms with van der Waals surface area (Å²) in [5.74, 6) is -0.0452. The molecule has 0 saturated heterocycles. The first kappa shape index (κ1) is 13.3. The summed E-state index contributed by atoms with van der Waals surface area (Å²) in [6.45, 7) is 2.20. The van der Waals surface area contributed by atoms with Crippen molar-refractivity contribution in [1.29, 1.82) is 0 Å². The Balaban J connectivity index is 2.52. The summed E-state index contributed by atoms with van der Waals surface area (Å²) in [5, 5.41) is 2.69. The quantitative estimate of drug-likeness (QED) is 0.929. The Hall–Kier alpha value is -2.18. The molecule has 1 N–H and O–H groups in total. The first-order chi connectivity index (χ1) is 9.00. The van der Waals surface area contributed by atoms with E-state index in [0.29, 0.717) is 12.1 Å². The van der Waals surface area contributed by atoms with Crippen LogP contribution in [0.5, 0.6) is 0 Å². The van der Waals surface area contributed by atoms with Gasteiger partial charge in [0.1, 0.15) is 0 Å². The van der Waals surface area contributed by atoms with Gasteiger partial charge >= 0.3 is 6.18 Å². The maximum absolute atomic E-state index is 12.8. The van der Waals surface area contributed by atoms with E-state index in [1.807, 2.05) is 0 Å². The number of halogens is 3. The predicted octanol–water partition coefficient (Wildman–Crippen LogP) is 2.99. The second kappa shape index (κ2) is 5.21. The van der Waals surface area contributed by atoms with Crippen molar-refractivity contribution in [3.05, 3.63) is 36.3 Å². The normalized spacial score (nSPS) is 11.4. The van der Waals surface area contributed by atoms with Crippen LogP contribution in [0, 0.1) is 0 Å². The van der Waals surface area contributed by atoms with Gasteiger partial charge in [0, 0.05) is 24.5 Å². The largest absolute Gasteiger partial charge is 0.433 e. The highest BCUT2D eigenvalue weighted by Crippen LogP contribution is 2.30. The van der Waals surface area contributed by atoms with Crippen LogP contribution in [0.4, 0.5) is 19.1 Å². The third kappa shape index (κ3) is 3.18. The van der Waals surface area contributed by atoms with Gasteiger partial charge < -0.3 is 5.32 Å². The van der Waals surface area contributed by atoms with Gasteiger partial charge in [0.05, 0.1) is 5.69 Å². The molecular weight excluding hydrogens is 257 g/mol. The van der Waals surface area contributed by atoms with E-state index in [9.17, 15) is 13.2 Å². The first-order valence-corrected chi connectivity index (χ1v) is 5.61. The van der Waals surface area contributed by atoms with Crippen molar-refractivity contribution in [3.8, 4) is 11.3 Å². The molecule has 19 heavy (non-hydrogen) atoms. The predicted molar refractivity (Wildman–Crippen MR) is 64.4 cm³/mol. The van der Waals surface area contributed by atoms with Gasteiger partial charge in [-0.1, -0.05) is 0 Å². The van der Waals surface area contributed by atoms with E-state index in [4.69, 9.17) is 0 Å². The molecule has 7 heteroatoms. The first-order valence-electron chi connectivity index (χ1n) is 5.61. The van der Waals surface area contributed by atoms with Crippen LogP contribution in [0.25, 0.3) is 11.3 Å². The number of nitrogens with one attached hydrogen (secondary N) is 1. The number of hydrogen-bond donors (Lipinski definition) is 1. The summed E-state index contributed by atoms with van der Waals surface area (Å²) in [6.07, 6.45) is -1.51. The van der Waals surface area contributed by atoms with Gasteiger partial charge in [-0.3, -0.25) is 4.98 Å². The van der Waals surface area contributed by atoms with E-state index in [-0.39, 0.29) is 11.6 Å². The lowest BCUT2D eigenvalue weighted by Gasteiger charge is -2.10. The lowest BCUT2D eigenvalue weighted by molar-refractivity contribution is -0.141. The minimum Gasteiger partial charge on any atom is -0.354 e. The molecule has 2 heterocycles. The van der Waals surface area contributed by atoms with Crippen LogP contribution >= 0.6 is 0 Å². The van der Waals surface area contributed by atoms with E-state index in [1.54, 1.807) is 25.3 Å². The summed E-state index contributed by atoms with van der Waals surface area (Å²) >= 11 is 0. The van der Waals surface area contributed by atoms with Gasteiger partial charge in [0.2, 0.25) is 5.95 Å². The molecule has 0 aromatic carbocycles. The average molecular weight is 268 g/mol. The maximum atomic E-state index is 12.8. The maximum Gasteiger partial charge on any atom is 0.433 e. The zero-order chi connectivity index (χ0) is 13.9. The van der Waals surface area contributed by atoms with E-state index in [1.165, 1.54) is 6.20 Å². The molecule has 0 radical (unpaired) electrons. The molecule has 0 saturated carbocycles. The number of hydrogen-bond acceptors (Lipinski definition) is 4. The highest BCUT2D eigenvalue weighted by molar-refractivity contribution is 5.59. The highest BCUT2D eigenvalue weighted by atomic mass is 19.4. The van der Waals surface area contributed by atoms with E-state index >= 15 is 0 Å². The zero-order valence-electron chi connectivity index (χ0n) is 10.1. The molecule has 0 fully saturated rings. The minimum absolute atomic E-state index is 0.0452. The van der Waals surface area contributed by atoms with E-state index in [2.05, 4.69) is 20.3 Å². The number of rotatable bonds is 3. The second-order valence-electron chi connectivity index (χ2n) is 3.73. The zero-order valence-corrected chi connectivity index (χ0v) is 10.1. The van der Waals surface area contributed by atoms with Gasteiger partial charge in [-0.25, -0.2) is 9.97 Å². The monoisotopic (exact) mass is 268 g/mol. The third-order valence-electron chi connectivity index (χ3n) is 2.31. The van der Waals surface area contributed by atoms with Crippen molar-refractivity contribution in [2.24, 2.45) is 0 Å². The van der Waals surface area contributed by atoms with Gasteiger partial charge in [0.15, 0.2) is 5.69 Å². The SMILES string of the molecule is CCNc1nc(-c2cccnc2)cc(C(F)(F)F)n1. The number of anilines is 1. The molecule has 2 rings (SSSR count). The molecule has 100 valence electrons. The molecule has 0 atom stereocenters. The fourth-order valence-corrected chi connectivity index (χ4v) is 1.49. The smallest absolute Gasteiger partial charge is 0.354 e. The summed E-state index contributed by atoms with van der Waals surface area (Å²) in [4.78, 5) is 11.4. The highest BCUT2D eigenvalue weighted by Gasteiger charge is 2.33. The van der Waals surface area contributed by atoms with Gasteiger partial charge in [0.25, 0.3) is 0 Å². The second-order valence-corrected chi connectivity index (χ2v) is 3.73. The van der Waals surface area contributed by atoms with Gasteiger partial charge in [-0.15, -0.1) is 0 Å². The minimum atomic E-state index is -4.51. The number of alkyl halides is 3. The fraction of sp³-hybridized carbons (Fsp3) is 0.250. The van der Waals surface area contributed by atoms with Gasteiger partial charge in [-0.2, -0.15) is 13.2 Å². The van der Waals surface area contributed by atoms with Crippen LogP contribution in [0.3, 0.4) is 0 Å². The molecule has 0 amide bonds. The summed E-state index contributed by atoms with van der Waals surface area (Å²) in [6, 6.07) is 4.20. The molecule has 0 bridgehead atoms. The van der Waals surface area contributed by atoms with Crippen molar-refractivity contribution >= 4 is 5.95 Å². The molecule has 0 unspecified atom stereocenters. The van der Waals surface area contributed by atoms with Crippen molar-refractivity contribution in [2.45, 2.75) is 13.1 Å². The molecule has 0 spiro atoms. The Morgan fingerprint density at radius 2 is 2.05 bits per heavy atom. The van der Waals surface area contributed by atoms with Crippen LogP contribution in [-0.4, -0.2) is 21.5 Å². The fourth-order valence-electron chi connectivity index (χ4n) is 1.49. The third-order valence-corrected chi connectivity index (χ3v) is 2.31. The lowest BCUT2D eigenvalue weighted by atomic mass is 10.2. The number of aromatic nitrogens is 3. The Labute approximate surface area is 107 Å². The van der Waals surface area contributed by atoms with Crippen molar-refractivity contribution in [2.75, 3.05) is 11.9 Å². The molecular formula is C12H11F3N4. The van der Waals surface area contributed by atoms with Crippen LogP contribution in [0.1, 0.15) is 12.6 Å². The van der Waals surface area contributed by atoms with Crippen LogP contribution in [0.15, 0.2) is 30.6 Å². The summed E-state index contributed by atoms with van der Waals surface area (Å²) < 4.78 is 38.3. The summed E-state index contributed by atoms with van der Waals surface area (Å²) in [7, 11) is 0. The Bertz CT molecular complexity index is 555. The average Bonchev–Trinajstić information content (AvgIpc) is 2.39. The Morgan fingerprint density at radius 1 is 1.26 bits per heavy atom. The Morgan fingerprint density at radius 3 is 2.63 bits per heavy atom. The summed E-state index contributed by atoms with van der Waals surface area (Å²) in [5.41, 5.74) is -0.279. The van der Waals surface area contributed by atoms with Crippen molar-refractivity contribution in [3.63, 3.8) is 0 Å². The molecule has 0 aliphatic rings. The van der Waals surface area contributed by atoms with Crippen molar-refractivity contribution in [1.82, 2.24) is 15.0 Å². The topological polar surface area (TPSA) is 50.7 Å². The molecule has 2 aromatic rings. The molecule has 4 nitrogen and oxygen atoms in total. The van der Waals surface area contributed by atoms with Crippen LogP contribution in [0.2, 0.25) is 0 Å². The van der Waals surface area contributed by atoms with Crippen LogP contribution < -0.4 is 5.32 Å². The van der Waals surface area contributed by atoms with E-state index in [0.717, 1.165) is 6.07 Å². The number of pyridine rings is 1. The standard InChI is InChI=1S/C12H11F3N4/c1-2-17-11-18-9(8-4-3-5-16-7-8)6-10(19-11)12(13,14)15/h3-7H,2H2,1H3,(H,17,18,19). The van der Waals surface area contributed by atoms with E-state index < -0.39 is 11.9 Å². The number of nitrogens with zero attached hydrogens (tertiary/aromatic N) is 3. The molecule has 0 aliphatic carbocycles. The molecule has 0 aliphatic heterocycles. The Kier molecular flexibility index (Phi) is 3.64.